The van der Waals surface area contributed by atoms with Crippen molar-refractivity contribution in [3.63, 3.8) is 0 Å². The van der Waals surface area contributed by atoms with Gasteiger partial charge in [0.15, 0.2) is 0 Å². The van der Waals surface area contributed by atoms with E-state index < -0.39 is 6.10 Å². The van der Waals surface area contributed by atoms with E-state index in [9.17, 15) is 5.11 Å². The minimum absolute atomic E-state index is 0.411. The van der Waals surface area contributed by atoms with Crippen molar-refractivity contribution in [1.29, 1.82) is 0 Å². The molecule has 0 aromatic carbocycles. The van der Waals surface area contributed by atoms with Crippen LogP contribution in [-0.4, -0.2) is 50.2 Å². The average Bonchev–Trinajstić information content (AvgIpc) is 2.36. The molecule has 0 spiro atoms. The molecule has 0 aliphatic carbocycles. The molecule has 0 aromatic heterocycles. The van der Waals surface area contributed by atoms with Crippen LogP contribution in [0.1, 0.15) is 33.6 Å². The van der Waals surface area contributed by atoms with Gasteiger partial charge in [0.05, 0.1) is 12.7 Å². The number of aliphatic hydroxyl groups excluding tert-OH is 1. The number of aliphatic hydroxyl groups is 1. The zero-order valence-electron chi connectivity index (χ0n) is 12.0. The first-order chi connectivity index (χ1) is 8.59. The summed E-state index contributed by atoms with van der Waals surface area (Å²) in [6.45, 7) is 9.90. The van der Waals surface area contributed by atoms with Crippen LogP contribution in [0.5, 0.6) is 0 Å². The van der Waals surface area contributed by atoms with Gasteiger partial charge in [0, 0.05) is 32.4 Å². The van der Waals surface area contributed by atoms with E-state index in [2.05, 4.69) is 26.1 Å². The Labute approximate surface area is 111 Å². The lowest BCUT2D eigenvalue weighted by Gasteiger charge is -2.29. The molecule has 0 bridgehead atoms. The molecule has 1 fully saturated rings. The van der Waals surface area contributed by atoms with Gasteiger partial charge in [0.2, 0.25) is 0 Å². The van der Waals surface area contributed by atoms with Gasteiger partial charge in [-0.2, -0.15) is 0 Å². The Morgan fingerprint density at radius 1 is 1.22 bits per heavy atom. The fourth-order valence-electron chi connectivity index (χ4n) is 2.20. The molecule has 1 heterocycles. The number of rotatable bonds is 8. The molecule has 1 rings (SSSR count). The van der Waals surface area contributed by atoms with E-state index in [0.29, 0.717) is 37.6 Å². The van der Waals surface area contributed by atoms with Crippen molar-refractivity contribution in [3.8, 4) is 0 Å². The van der Waals surface area contributed by atoms with Gasteiger partial charge in [-0.05, 0) is 31.6 Å². The van der Waals surface area contributed by atoms with Crippen LogP contribution in [0.15, 0.2) is 0 Å². The van der Waals surface area contributed by atoms with E-state index in [0.717, 1.165) is 26.1 Å². The summed E-state index contributed by atoms with van der Waals surface area (Å²) in [5, 5.41) is 13.2. The Balaban J connectivity index is 2.07. The van der Waals surface area contributed by atoms with Crippen molar-refractivity contribution in [2.45, 2.75) is 45.8 Å². The van der Waals surface area contributed by atoms with Gasteiger partial charge in [-0.1, -0.05) is 13.8 Å². The standard InChI is InChI=1S/C14H29NO3/c1-11(2)9-18-10-14(16)8-15-12(3)13-4-6-17-7-5-13/h11-16H,4-10H2,1-3H3. The quantitative estimate of drug-likeness (QED) is 0.692. The van der Waals surface area contributed by atoms with Crippen molar-refractivity contribution in [1.82, 2.24) is 5.32 Å². The summed E-state index contributed by atoms with van der Waals surface area (Å²) in [4.78, 5) is 0. The lowest BCUT2D eigenvalue weighted by molar-refractivity contribution is 0.0207. The monoisotopic (exact) mass is 259 g/mol. The lowest BCUT2D eigenvalue weighted by Crippen LogP contribution is -2.41. The molecule has 4 nitrogen and oxygen atoms in total. The van der Waals surface area contributed by atoms with Crippen LogP contribution in [0.3, 0.4) is 0 Å². The van der Waals surface area contributed by atoms with E-state index in [4.69, 9.17) is 9.47 Å². The molecule has 1 aliphatic rings. The Hall–Kier alpha value is -0.160. The van der Waals surface area contributed by atoms with Crippen molar-refractivity contribution >= 4 is 0 Å². The number of hydrogen-bond donors (Lipinski definition) is 2. The summed E-state index contributed by atoms with van der Waals surface area (Å²) in [5.74, 6) is 1.19. The van der Waals surface area contributed by atoms with Gasteiger partial charge in [0.25, 0.3) is 0 Å². The van der Waals surface area contributed by atoms with Crippen molar-refractivity contribution in [3.05, 3.63) is 0 Å². The highest BCUT2D eigenvalue weighted by atomic mass is 16.5. The fraction of sp³-hybridized carbons (Fsp3) is 1.00. The third-order valence-corrected chi connectivity index (χ3v) is 3.41. The molecule has 1 saturated heterocycles. The Kier molecular flexibility index (Phi) is 7.82. The minimum atomic E-state index is -0.411. The van der Waals surface area contributed by atoms with Crippen molar-refractivity contribution in [2.75, 3.05) is 33.0 Å². The summed E-state index contributed by atoms with van der Waals surface area (Å²) in [5.41, 5.74) is 0. The summed E-state index contributed by atoms with van der Waals surface area (Å²) in [6, 6.07) is 0.439. The van der Waals surface area contributed by atoms with Crippen molar-refractivity contribution in [2.24, 2.45) is 11.8 Å². The molecular formula is C14H29NO3. The van der Waals surface area contributed by atoms with Gasteiger partial charge in [-0.25, -0.2) is 0 Å². The van der Waals surface area contributed by atoms with E-state index in [-0.39, 0.29) is 0 Å². The molecule has 2 N–H and O–H groups in total. The van der Waals surface area contributed by atoms with Crippen LogP contribution in [0, 0.1) is 11.8 Å². The molecule has 2 atom stereocenters. The van der Waals surface area contributed by atoms with Gasteiger partial charge in [-0.15, -0.1) is 0 Å². The Morgan fingerprint density at radius 3 is 2.50 bits per heavy atom. The summed E-state index contributed by atoms with van der Waals surface area (Å²) in [7, 11) is 0. The topological polar surface area (TPSA) is 50.7 Å². The molecule has 108 valence electrons. The van der Waals surface area contributed by atoms with Crippen LogP contribution < -0.4 is 5.32 Å². The minimum Gasteiger partial charge on any atom is -0.389 e. The third kappa shape index (κ3) is 6.69. The Bertz CT molecular complexity index is 205. The predicted molar refractivity (Wildman–Crippen MR) is 72.7 cm³/mol. The zero-order chi connectivity index (χ0) is 13.4. The smallest absolute Gasteiger partial charge is 0.0897 e. The van der Waals surface area contributed by atoms with Crippen LogP contribution in [0.25, 0.3) is 0 Å². The second-order valence-corrected chi connectivity index (χ2v) is 5.73. The molecule has 0 amide bonds. The van der Waals surface area contributed by atoms with Crippen LogP contribution in [0.4, 0.5) is 0 Å². The molecular weight excluding hydrogens is 230 g/mol. The molecule has 0 saturated carbocycles. The first kappa shape index (κ1) is 15.9. The third-order valence-electron chi connectivity index (χ3n) is 3.41. The van der Waals surface area contributed by atoms with E-state index >= 15 is 0 Å². The molecule has 0 radical (unpaired) electrons. The number of nitrogens with one attached hydrogen (secondary N) is 1. The fourth-order valence-corrected chi connectivity index (χ4v) is 2.20. The second kappa shape index (κ2) is 8.86. The van der Waals surface area contributed by atoms with Gasteiger partial charge in [-0.3, -0.25) is 0 Å². The van der Waals surface area contributed by atoms with E-state index in [1.807, 2.05) is 0 Å². The molecule has 18 heavy (non-hydrogen) atoms. The van der Waals surface area contributed by atoms with Gasteiger partial charge >= 0.3 is 0 Å². The second-order valence-electron chi connectivity index (χ2n) is 5.73. The first-order valence-corrected chi connectivity index (χ1v) is 7.16. The first-order valence-electron chi connectivity index (χ1n) is 7.16. The highest BCUT2D eigenvalue weighted by Gasteiger charge is 2.20. The molecule has 0 aromatic rings. The summed E-state index contributed by atoms with van der Waals surface area (Å²) in [6.07, 6.45) is 1.83. The number of ether oxygens (including phenoxy) is 2. The Morgan fingerprint density at radius 2 is 1.89 bits per heavy atom. The summed E-state index contributed by atoms with van der Waals surface area (Å²) < 4.78 is 10.8. The zero-order valence-corrected chi connectivity index (χ0v) is 12.0. The highest BCUT2D eigenvalue weighted by Crippen LogP contribution is 2.18. The SMILES string of the molecule is CC(C)COCC(O)CNC(C)C1CCOCC1. The summed E-state index contributed by atoms with van der Waals surface area (Å²) >= 11 is 0. The highest BCUT2D eigenvalue weighted by molar-refractivity contribution is 4.75. The van der Waals surface area contributed by atoms with E-state index in [1.54, 1.807) is 0 Å². The molecule has 2 unspecified atom stereocenters. The maximum atomic E-state index is 9.80. The normalized spacial score (nSPS) is 21.2. The van der Waals surface area contributed by atoms with Gasteiger partial charge < -0.3 is 19.9 Å². The lowest BCUT2D eigenvalue weighted by atomic mass is 9.93. The maximum absolute atomic E-state index is 9.80. The predicted octanol–water partition coefficient (Wildman–Crippen LogP) is 1.42. The van der Waals surface area contributed by atoms with E-state index in [1.165, 1.54) is 0 Å². The molecule has 1 aliphatic heterocycles. The molecule has 4 heteroatoms. The maximum Gasteiger partial charge on any atom is 0.0897 e. The largest absolute Gasteiger partial charge is 0.389 e. The van der Waals surface area contributed by atoms with Crippen LogP contribution in [-0.2, 0) is 9.47 Å². The average molecular weight is 259 g/mol. The number of hydrogen-bond acceptors (Lipinski definition) is 4. The van der Waals surface area contributed by atoms with Crippen molar-refractivity contribution < 1.29 is 14.6 Å². The van der Waals surface area contributed by atoms with Crippen LogP contribution in [0.2, 0.25) is 0 Å². The van der Waals surface area contributed by atoms with Crippen LogP contribution >= 0.6 is 0 Å². The van der Waals surface area contributed by atoms with Gasteiger partial charge in [0.1, 0.15) is 0 Å².